The number of halogens is 1. The fourth-order valence-corrected chi connectivity index (χ4v) is 3.54. The maximum absolute atomic E-state index is 11.9. The number of carbonyl (C=O) groups is 1. The molecule has 5 heteroatoms. The summed E-state index contributed by atoms with van der Waals surface area (Å²) in [7, 11) is 0. The van der Waals surface area contributed by atoms with Crippen molar-refractivity contribution in [1.29, 1.82) is 0 Å². The van der Waals surface area contributed by atoms with E-state index in [1.165, 1.54) is 5.56 Å². The van der Waals surface area contributed by atoms with Crippen LogP contribution in [-0.4, -0.2) is 23.8 Å². The van der Waals surface area contributed by atoms with Gasteiger partial charge in [0.15, 0.2) is 0 Å². The lowest BCUT2D eigenvalue weighted by Gasteiger charge is -2.33. The number of hydrogen-bond acceptors (Lipinski definition) is 3. The van der Waals surface area contributed by atoms with Gasteiger partial charge in [0.05, 0.1) is 0 Å². The number of alkyl carbamates (subject to hydrolysis) is 1. The molecule has 1 saturated carbocycles. The lowest BCUT2D eigenvalue weighted by molar-refractivity contribution is 0.0489. The van der Waals surface area contributed by atoms with Crippen molar-refractivity contribution in [3.8, 4) is 0 Å². The summed E-state index contributed by atoms with van der Waals surface area (Å²) in [5, 5.41) is 7.54. The third-order valence-electron chi connectivity index (χ3n) is 4.54. The van der Waals surface area contributed by atoms with E-state index in [1.54, 1.807) is 0 Å². The first-order chi connectivity index (χ1) is 11.8. The Bertz CT molecular complexity index is 563. The highest BCUT2D eigenvalue weighted by atomic mass is 35.5. The van der Waals surface area contributed by atoms with Gasteiger partial charge in [-0.1, -0.05) is 30.7 Å². The van der Waals surface area contributed by atoms with Gasteiger partial charge >= 0.3 is 6.09 Å². The van der Waals surface area contributed by atoms with Gasteiger partial charge in [-0.2, -0.15) is 0 Å². The summed E-state index contributed by atoms with van der Waals surface area (Å²) in [5.41, 5.74) is 0.790. The van der Waals surface area contributed by atoms with Crippen molar-refractivity contribution in [2.45, 2.75) is 83.5 Å². The standard InChI is InChI=1S/C20H31ClN2O2/c1-5-18(14-7-6-8-15(21)13-14)22-16-9-11-17(12-10-16)23-19(24)25-20(2,3)4/h6-8,13,16-18,22H,5,9-12H2,1-4H3,(H,23,24). The van der Waals surface area contributed by atoms with Crippen LogP contribution in [0.15, 0.2) is 24.3 Å². The molecule has 0 heterocycles. The highest BCUT2D eigenvalue weighted by Gasteiger charge is 2.26. The molecule has 0 saturated heterocycles. The molecule has 140 valence electrons. The van der Waals surface area contributed by atoms with Crippen LogP contribution in [0.3, 0.4) is 0 Å². The van der Waals surface area contributed by atoms with Gasteiger partial charge in [0, 0.05) is 23.1 Å². The lowest BCUT2D eigenvalue weighted by Crippen LogP contribution is -2.44. The smallest absolute Gasteiger partial charge is 0.407 e. The summed E-state index contributed by atoms with van der Waals surface area (Å²) < 4.78 is 5.34. The van der Waals surface area contributed by atoms with E-state index in [0.29, 0.717) is 12.1 Å². The number of hydrogen-bond donors (Lipinski definition) is 2. The average molecular weight is 367 g/mol. The summed E-state index contributed by atoms with van der Waals surface area (Å²) in [4.78, 5) is 11.9. The molecule has 0 bridgehead atoms. The molecule has 1 aliphatic carbocycles. The summed E-state index contributed by atoms with van der Waals surface area (Å²) in [6.07, 6.45) is 4.77. The summed E-state index contributed by atoms with van der Waals surface area (Å²) in [6.45, 7) is 7.84. The number of nitrogens with one attached hydrogen (secondary N) is 2. The van der Waals surface area contributed by atoms with Crippen LogP contribution < -0.4 is 10.6 Å². The van der Waals surface area contributed by atoms with E-state index in [1.807, 2.05) is 39.0 Å². The SMILES string of the molecule is CCC(NC1CCC(NC(=O)OC(C)(C)C)CC1)c1cccc(Cl)c1. The Morgan fingerprint density at radius 2 is 1.88 bits per heavy atom. The summed E-state index contributed by atoms with van der Waals surface area (Å²) >= 11 is 6.12. The Labute approximate surface area is 156 Å². The second kappa shape index (κ2) is 8.91. The lowest BCUT2D eigenvalue weighted by atomic mass is 9.90. The molecule has 1 aromatic rings. The molecule has 1 fully saturated rings. The molecule has 25 heavy (non-hydrogen) atoms. The number of carbonyl (C=O) groups excluding carboxylic acids is 1. The van der Waals surface area contributed by atoms with E-state index in [-0.39, 0.29) is 12.1 Å². The number of benzene rings is 1. The molecule has 1 atom stereocenters. The van der Waals surface area contributed by atoms with Crippen LogP contribution in [0.25, 0.3) is 0 Å². The first-order valence-electron chi connectivity index (χ1n) is 9.28. The van der Waals surface area contributed by atoms with Gasteiger partial charge in [-0.25, -0.2) is 4.79 Å². The first-order valence-corrected chi connectivity index (χ1v) is 9.65. The minimum absolute atomic E-state index is 0.208. The molecule has 0 aromatic heterocycles. The second-order valence-corrected chi connectivity index (χ2v) is 8.31. The molecule has 1 aliphatic rings. The van der Waals surface area contributed by atoms with Crippen LogP contribution in [-0.2, 0) is 4.74 Å². The Kier molecular flexibility index (Phi) is 7.14. The zero-order chi connectivity index (χ0) is 18.4. The maximum atomic E-state index is 11.9. The minimum Gasteiger partial charge on any atom is -0.444 e. The van der Waals surface area contributed by atoms with Crippen LogP contribution in [0.5, 0.6) is 0 Å². The van der Waals surface area contributed by atoms with Gasteiger partial charge in [-0.05, 0) is 70.6 Å². The predicted molar refractivity (Wildman–Crippen MR) is 103 cm³/mol. The van der Waals surface area contributed by atoms with Crippen molar-refractivity contribution in [2.75, 3.05) is 0 Å². The molecule has 2 rings (SSSR count). The number of rotatable bonds is 5. The quantitative estimate of drug-likeness (QED) is 0.751. The molecule has 0 spiro atoms. The van der Waals surface area contributed by atoms with Gasteiger partial charge in [0.1, 0.15) is 5.60 Å². The van der Waals surface area contributed by atoms with Crippen molar-refractivity contribution in [3.05, 3.63) is 34.9 Å². The van der Waals surface area contributed by atoms with E-state index in [0.717, 1.165) is 37.1 Å². The molecule has 0 radical (unpaired) electrons. The van der Waals surface area contributed by atoms with Crippen LogP contribution in [0, 0.1) is 0 Å². The Hall–Kier alpha value is -1.26. The monoisotopic (exact) mass is 366 g/mol. The van der Waals surface area contributed by atoms with Gasteiger partial charge in [-0.15, -0.1) is 0 Å². The maximum Gasteiger partial charge on any atom is 0.407 e. The van der Waals surface area contributed by atoms with Crippen LogP contribution in [0.4, 0.5) is 4.79 Å². The zero-order valence-corrected chi connectivity index (χ0v) is 16.5. The van der Waals surface area contributed by atoms with E-state index in [2.05, 4.69) is 23.6 Å². The fraction of sp³-hybridized carbons (Fsp3) is 0.650. The van der Waals surface area contributed by atoms with Gasteiger partial charge in [-0.3, -0.25) is 0 Å². The van der Waals surface area contributed by atoms with Crippen molar-refractivity contribution in [2.24, 2.45) is 0 Å². The van der Waals surface area contributed by atoms with E-state index >= 15 is 0 Å². The number of ether oxygens (including phenoxy) is 1. The second-order valence-electron chi connectivity index (χ2n) is 7.88. The van der Waals surface area contributed by atoms with E-state index in [9.17, 15) is 4.79 Å². The highest BCUT2D eigenvalue weighted by Crippen LogP contribution is 2.25. The largest absolute Gasteiger partial charge is 0.444 e. The van der Waals surface area contributed by atoms with Crippen molar-refractivity contribution in [3.63, 3.8) is 0 Å². The predicted octanol–water partition coefficient (Wildman–Crippen LogP) is 5.22. The third kappa shape index (κ3) is 6.87. The Morgan fingerprint density at radius 3 is 2.44 bits per heavy atom. The van der Waals surface area contributed by atoms with Gasteiger partial charge < -0.3 is 15.4 Å². The van der Waals surface area contributed by atoms with Crippen molar-refractivity contribution < 1.29 is 9.53 Å². The highest BCUT2D eigenvalue weighted by molar-refractivity contribution is 6.30. The van der Waals surface area contributed by atoms with Crippen LogP contribution >= 0.6 is 11.6 Å². The van der Waals surface area contributed by atoms with Crippen LogP contribution in [0.1, 0.15) is 71.4 Å². The molecule has 1 amide bonds. The van der Waals surface area contributed by atoms with E-state index < -0.39 is 5.60 Å². The van der Waals surface area contributed by atoms with Crippen LogP contribution in [0.2, 0.25) is 5.02 Å². The Balaban J connectivity index is 1.80. The molecule has 4 nitrogen and oxygen atoms in total. The third-order valence-corrected chi connectivity index (χ3v) is 4.78. The number of amides is 1. The van der Waals surface area contributed by atoms with Gasteiger partial charge in [0.2, 0.25) is 0 Å². The van der Waals surface area contributed by atoms with Crippen molar-refractivity contribution >= 4 is 17.7 Å². The molecular formula is C20H31ClN2O2. The van der Waals surface area contributed by atoms with Gasteiger partial charge in [0.25, 0.3) is 0 Å². The molecule has 1 unspecified atom stereocenters. The Morgan fingerprint density at radius 1 is 1.24 bits per heavy atom. The zero-order valence-electron chi connectivity index (χ0n) is 15.8. The minimum atomic E-state index is -0.450. The fourth-order valence-electron chi connectivity index (χ4n) is 3.34. The van der Waals surface area contributed by atoms with E-state index in [4.69, 9.17) is 16.3 Å². The van der Waals surface area contributed by atoms with Crippen molar-refractivity contribution in [1.82, 2.24) is 10.6 Å². The molecule has 2 N–H and O–H groups in total. The molecule has 1 aromatic carbocycles. The first kappa shape index (κ1) is 20.1. The normalized spacial score (nSPS) is 22.3. The molecular weight excluding hydrogens is 336 g/mol. The summed E-state index contributed by atoms with van der Waals surface area (Å²) in [5.74, 6) is 0. The molecule has 0 aliphatic heterocycles. The average Bonchev–Trinajstić information content (AvgIpc) is 2.52. The topological polar surface area (TPSA) is 50.4 Å². The summed E-state index contributed by atoms with van der Waals surface area (Å²) in [6, 6.07) is 9.08.